The third-order valence-corrected chi connectivity index (χ3v) is 6.19. The number of benzene rings is 1. The van der Waals surface area contributed by atoms with Gasteiger partial charge in [0, 0.05) is 6.54 Å². The highest BCUT2D eigenvalue weighted by molar-refractivity contribution is 7.91. The summed E-state index contributed by atoms with van der Waals surface area (Å²) in [6, 6.07) is 6.23. The number of nitrogens with one attached hydrogen (secondary N) is 1. The third kappa shape index (κ3) is 5.51. The molecule has 11 heteroatoms. The van der Waals surface area contributed by atoms with Crippen LogP contribution < -0.4 is 4.72 Å². The van der Waals surface area contributed by atoms with Gasteiger partial charge in [0.2, 0.25) is 5.91 Å². The topological polar surface area (TPSA) is 127 Å². The Labute approximate surface area is 146 Å². The fourth-order valence-corrected chi connectivity index (χ4v) is 4.59. The molecule has 1 N–H and O–H groups in total. The van der Waals surface area contributed by atoms with Crippen LogP contribution in [0.3, 0.4) is 0 Å². The second-order valence-corrected chi connectivity index (χ2v) is 9.19. The van der Waals surface area contributed by atoms with Crippen LogP contribution in [0, 0.1) is 0 Å². The van der Waals surface area contributed by atoms with Crippen molar-refractivity contribution in [3.05, 3.63) is 35.4 Å². The molecule has 1 aliphatic rings. The molecule has 138 valence electrons. The first-order valence-corrected chi connectivity index (χ1v) is 10.6. The van der Waals surface area contributed by atoms with E-state index in [1.54, 1.807) is 19.1 Å². The fraction of sp³-hybridized carbons (Fsp3) is 0.429. The molecule has 1 aliphatic heterocycles. The molecular weight excluding hydrogens is 372 g/mol. The van der Waals surface area contributed by atoms with Crippen molar-refractivity contribution < 1.29 is 31.2 Å². The second kappa shape index (κ2) is 7.50. The van der Waals surface area contributed by atoms with E-state index in [4.69, 9.17) is 0 Å². The van der Waals surface area contributed by atoms with Crippen molar-refractivity contribution in [2.75, 3.05) is 18.9 Å². The number of hydrogen-bond donors (Lipinski definition) is 1. The van der Waals surface area contributed by atoms with E-state index in [1.807, 2.05) is 4.72 Å². The molecule has 1 amide bonds. The summed E-state index contributed by atoms with van der Waals surface area (Å²) in [5, 5.41) is 0. The SMILES string of the molecule is CCOC(=O)CS(=O)(=O)Cc1ccc(CN2CC(=O)NS2(=O)=O)cc1. The number of ether oxygens (including phenoxy) is 1. The quantitative estimate of drug-likeness (QED) is 0.612. The Morgan fingerprint density at radius 1 is 1.24 bits per heavy atom. The number of sulfone groups is 1. The van der Waals surface area contributed by atoms with Crippen LogP contribution in [0.15, 0.2) is 24.3 Å². The lowest BCUT2D eigenvalue weighted by Crippen LogP contribution is -2.29. The summed E-state index contributed by atoms with van der Waals surface area (Å²) in [6.07, 6.45) is 0. The number of carbonyl (C=O) groups is 2. The Hall–Kier alpha value is -1.98. The van der Waals surface area contributed by atoms with Gasteiger partial charge in [-0.2, -0.15) is 12.7 Å². The molecule has 0 radical (unpaired) electrons. The van der Waals surface area contributed by atoms with Crippen molar-refractivity contribution in [1.29, 1.82) is 0 Å². The molecule has 0 spiro atoms. The van der Waals surface area contributed by atoms with E-state index >= 15 is 0 Å². The van der Waals surface area contributed by atoms with Crippen LogP contribution >= 0.6 is 0 Å². The van der Waals surface area contributed by atoms with Crippen LogP contribution in [0.5, 0.6) is 0 Å². The first kappa shape index (κ1) is 19.3. The molecule has 0 aromatic heterocycles. The van der Waals surface area contributed by atoms with Gasteiger partial charge in [0.25, 0.3) is 0 Å². The van der Waals surface area contributed by atoms with Crippen molar-refractivity contribution in [3.8, 4) is 0 Å². The van der Waals surface area contributed by atoms with Gasteiger partial charge in [0.1, 0.15) is 5.75 Å². The lowest BCUT2D eigenvalue weighted by atomic mass is 10.1. The van der Waals surface area contributed by atoms with E-state index in [9.17, 15) is 26.4 Å². The summed E-state index contributed by atoms with van der Waals surface area (Å²) >= 11 is 0. The summed E-state index contributed by atoms with van der Waals surface area (Å²) in [5.41, 5.74) is 1.07. The molecule has 0 saturated carbocycles. The summed E-state index contributed by atoms with van der Waals surface area (Å²) < 4.78 is 54.7. The summed E-state index contributed by atoms with van der Waals surface area (Å²) in [4.78, 5) is 22.5. The minimum Gasteiger partial charge on any atom is -0.465 e. The fourth-order valence-electron chi connectivity index (χ4n) is 2.26. The van der Waals surface area contributed by atoms with Gasteiger partial charge in [-0.05, 0) is 18.1 Å². The van der Waals surface area contributed by atoms with Crippen molar-refractivity contribution in [2.24, 2.45) is 0 Å². The first-order valence-electron chi connectivity index (χ1n) is 7.36. The van der Waals surface area contributed by atoms with Gasteiger partial charge in [-0.25, -0.2) is 13.1 Å². The predicted octanol–water partition coefficient (Wildman–Crippen LogP) is -0.659. The minimum atomic E-state index is -3.81. The van der Waals surface area contributed by atoms with E-state index in [-0.39, 0.29) is 25.4 Å². The highest BCUT2D eigenvalue weighted by Gasteiger charge is 2.33. The van der Waals surface area contributed by atoms with Gasteiger partial charge in [-0.1, -0.05) is 24.3 Å². The van der Waals surface area contributed by atoms with E-state index < -0.39 is 37.7 Å². The zero-order valence-electron chi connectivity index (χ0n) is 13.5. The maximum Gasteiger partial charge on any atom is 0.321 e. The molecule has 1 heterocycles. The third-order valence-electron chi connectivity index (χ3n) is 3.31. The number of esters is 1. The molecule has 25 heavy (non-hydrogen) atoms. The van der Waals surface area contributed by atoms with Gasteiger partial charge in [-0.15, -0.1) is 0 Å². The molecule has 0 aliphatic carbocycles. The van der Waals surface area contributed by atoms with Gasteiger partial charge >= 0.3 is 16.2 Å². The summed E-state index contributed by atoms with van der Waals surface area (Å²) in [7, 11) is -7.46. The van der Waals surface area contributed by atoms with Gasteiger partial charge in [-0.3, -0.25) is 9.59 Å². The van der Waals surface area contributed by atoms with E-state index in [2.05, 4.69) is 4.74 Å². The molecular formula is C14H18N2O7S2. The van der Waals surface area contributed by atoms with E-state index in [0.717, 1.165) is 4.31 Å². The normalized spacial score (nSPS) is 17.2. The van der Waals surface area contributed by atoms with Crippen LogP contribution in [0.25, 0.3) is 0 Å². The van der Waals surface area contributed by atoms with Crippen molar-refractivity contribution in [1.82, 2.24) is 9.03 Å². The largest absolute Gasteiger partial charge is 0.465 e. The standard InChI is InChI=1S/C14H18N2O7S2/c1-2-23-14(18)10-24(19,20)9-12-5-3-11(4-6-12)7-16-8-13(17)15-25(16,21)22/h3-6H,2,7-10H2,1H3,(H,15,17). The van der Waals surface area contributed by atoms with Crippen molar-refractivity contribution in [3.63, 3.8) is 0 Å². The molecule has 0 atom stereocenters. The Balaban J connectivity index is 2.00. The lowest BCUT2D eigenvalue weighted by molar-refractivity contribution is -0.140. The van der Waals surface area contributed by atoms with E-state index in [0.29, 0.717) is 11.1 Å². The number of rotatable bonds is 7. The highest BCUT2D eigenvalue weighted by atomic mass is 32.2. The molecule has 2 rings (SSSR count). The van der Waals surface area contributed by atoms with E-state index in [1.165, 1.54) is 12.1 Å². The average molecular weight is 390 g/mol. The summed E-state index contributed by atoms with van der Waals surface area (Å²) in [5.74, 6) is -2.41. The molecule has 0 bridgehead atoms. The smallest absolute Gasteiger partial charge is 0.321 e. The minimum absolute atomic E-state index is 0.00305. The van der Waals surface area contributed by atoms with Crippen LogP contribution in [-0.2, 0) is 46.7 Å². The predicted molar refractivity (Wildman–Crippen MR) is 88.0 cm³/mol. The monoisotopic (exact) mass is 390 g/mol. The molecule has 1 fully saturated rings. The molecule has 0 unspecified atom stereocenters. The van der Waals surface area contributed by atoms with Crippen LogP contribution in [0.4, 0.5) is 0 Å². The Kier molecular flexibility index (Phi) is 5.80. The Morgan fingerprint density at radius 3 is 2.36 bits per heavy atom. The molecule has 1 saturated heterocycles. The van der Waals surface area contributed by atoms with Crippen LogP contribution in [-0.4, -0.2) is 51.9 Å². The molecule has 1 aromatic rings. The lowest BCUT2D eigenvalue weighted by Gasteiger charge is -2.12. The maximum atomic E-state index is 11.9. The number of amides is 1. The van der Waals surface area contributed by atoms with Gasteiger partial charge in [0.15, 0.2) is 9.84 Å². The van der Waals surface area contributed by atoms with Crippen LogP contribution in [0.2, 0.25) is 0 Å². The first-order chi connectivity index (χ1) is 11.6. The van der Waals surface area contributed by atoms with Gasteiger partial charge in [0.05, 0.1) is 18.9 Å². The Morgan fingerprint density at radius 2 is 1.84 bits per heavy atom. The Bertz CT molecular complexity index is 861. The molecule has 1 aromatic carbocycles. The summed E-state index contributed by atoms with van der Waals surface area (Å²) in [6.45, 7) is 1.45. The molecule has 9 nitrogen and oxygen atoms in total. The highest BCUT2D eigenvalue weighted by Crippen LogP contribution is 2.14. The van der Waals surface area contributed by atoms with Crippen LogP contribution in [0.1, 0.15) is 18.1 Å². The number of carbonyl (C=O) groups excluding carboxylic acids is 2. The van der Waals surface area contributed by atoms with Crippen molar-refractivity contribution in [2.45, 2.75) is 19.2 Å². The average Bonchev–Trinajstić information content (AvgIpc) is 2.72. The zero-order chi connectivity index (χ0) is 18.7. The number of hydrogen-bond acceptors (Lipinski definition) is 7. The van der Waals surface area contributed by atoms with Crippen molar-refractivity contribution >= 4 is 31.9 Å². The maximum absolute atomic E-state index is 11.9. The zero-order valence-corrected chi connectivity index (χ0v) is 15.1. The van der Waals surface area contributed by atoms with Gasteiger partial charge < -0.3 is 4.74 Å². The second-order valence-electron chi connectivity index (χ2n) is 5.45. The number of nitrogens with zero attached hydrogens (tertiary/aromatic N) is 1.